The average molecular weight is 627 g/mol. The molecule has 0 aliphatic carbocycles. The molecule has 47 heavy (non-hydrogen) atoms. The summed E-state index contributed by atoms with van der Waals surface area (Å²) in [6.07, 6.45) is 9.86. The first-order valence-electron chi connectivity index (χ1n) is 16.5. The van der Waals surface area contributed by atoms with Gasteiger partial charge in [0, 0.05) is 17.2 Å². The smallest absolute Gasteiger partial charge is 0.206 e. The highest BCUT2D eigenvalue weighted by atomic mass is 16.5. The molecule has 2 aromatic heterocycles. The van der Waals surface area contributed by atoms with E-state index in [1.165, 1.54) is 6.08 Å². The average Bonchev–Trinajstić information content (AvgIpc) is 3.65. The Balaban J connectivity index is 1.57. The predicted molar refractivity (Wildman–Crippen MR) is 188 cm³/mol. The van der Waals surface area contributed by atoms with Crippen molar-refractivity contribution in [3.05, 3.63) is 123 Å². The van der Waals surface area contributed by atoms with Gasteiger partial charge in [0.2, 0.25) is 5.78 Å². The van der Waals surface area contributed by atoms with Gasteiger partial charge in [0.15, 0.2) is 0 Å². The van der Waals surface area contributed by atoms with Crippen LogP contribution in [0.2, 0.25) is 0 Å². The number of allylic oxidation sites excluding steroid dienone is 1. The third-order valence-electron chi connectivity index (χ3n) is 8.23. The maximum Gasteiger partial charge on any atom is 0.206 e. The molecule has 8 bridgehead atoms. The fraction of sp³-hybridized carbons (Fsp3) is 0.293. The molecular formula is C41H42N2O4. The van der Waals surface area contributed by atoms with Crippen molar-refractivity contribution >= 4 is 11.5 Å². The summed E-state index contributed by atoms with van der Waals surface area (Å²) in [5.74, 6) is 14.1. The summed E-state index contributed by atoms with van der Waals surface area (Å²) in [5, 5.41) is 11.3. The van der Waals surface area contributed by atoms with Crippen LogP contribution in [0.1, 0.15) is 101 Å². The second-order valence-electron chi connectivity index (χ2n) is 11.3. The molecule has 0 radical (unpaired) electrons. The Morgan fingerprint density at radius 1 is 0.660 bits per heavy atom. The van der Waals surface area contributed by atoms with Crippen molar-refractivity contribution in [2.24, 2.45) is 0 Å². The van der Waals surface area contributed by atoms with Crippen LogP contribution in [-0.2, 0) is 25.7 Å². The van der Waals surface area contributed by atoms with Gasteiger partial charge in [0.25, 0.3) is 0 Å². The molecule has 1 aliphatic heterocycles. The Labute approximate surface area is 277 Å². The Morgan fingerprint density at radius 3 is 1.62 bits per heavy atom. The van der Waals surface area contributed by atoms with Crippen molar-refractivity contribution in [3.63, 3.8) is 0 Å². The number of hydrogen-bond acceptors (Lipinski definition) is 4. The Bertz CT molecular complexity index is 1930. The van der Waals surface area contributed by atoms with Crippen molar-refractivity contribution in [2.45, 2.75) is 66.2 Å². The summed E-state index contributed by atoms with van der Waals surface area (Å²) in [6, 6.07) is 15.5. The van der Waals surface area contributed by atoms with Crippen LogP contribution < -0.4 is 9.47 Å². The molecule has 1 aliphatic rings. The van der Waals surface area contributed by atoms with E-state index in [2.05, 4.69) is 59.6 Å². The summed E-state index contributed by atoms with van der Waals surface area (Å²) < 4.78 is 11.9. The lowest BCUT2D eigenvalue weighted by Gasteiger charge is -2.05. The van der Waals surface area contributed by atoms with Gasteiger partial charge in [-0.1, -0.05) is 63.8 Å². The van der Waals surface area contributed by atoms with Crippen molar-refractivity contribution in [1.82, 2.24) is 9.97 Å². The number of aliphatic hydroxyl groups excluding tert-OH is 1. The molecule has 3 N–H and O–H groups in total. The first-order valence-corrected chi connectivity index (χ1v) is 16.5. The topological polar surface area (TPSA) is 87.3 Å². The highest BCUT2D eigenvalue weighted by Gasteiger charge is 2.21. The molecular weight excluding hydrogens is 584 g/mol. The molecule has 0 spiro atoms. The van der Waals surface area contributed by atoms with E-state index in [0.717, 1.165) is 76.3 Å². The number of fused-ring (bicyclic) bond motifs is 8. The second-order valence-corrected chi connectivity index (χ2v) is 11.3. The van der Waals surface area contributed by atoms with Crippen LogP contribution in [0, 0.1) is 23.7 Å². The summed E-state index contributed by atoms with van der Waals surface area (Å²) in [4.78, 5) is 20.3. The standard InChI is InChI=1S/C41H42N2O4/c1-5-32-34(7-3)40-38(44)27-39(45)41-35(8-4)33(6-2)37(43-41)22-20-29-16-14-18-31(26-29)47-24-12-10-9-11-23-46-30-17-13-15-28(25-30)19-21-36(32)42-40/h9-10,13-18,25-27,42-44H,5-8,11-12,23-24H2,1-4H3/b10-9-,38-27+. The highest BCUT2D eigenvalue weighted by Crippen LogP contribution is 2.27. The van der Waals surface area contributed by atoms with Crippen molar-refractivity contribution < 1.29 is 19.4 Å². The molecule has 2 aromatic carbocycles. The lowest BCUT2D eigenvalue weighted by molar-refractivity contribution is 0.104. The number of nitrogens with one attached hydrogen (secondary N) is 2. The largest absolute Gasteiger partial charge is 0.506 e. The summed E-state index contributed by atoms with van der Waals surface area (Å²) in [6.45, 7) is 9.31. The molecule has 0 amide bonds. The monoisotopic (exact) mass is 626 g/mol. The third-order valence-corrected chi connectivity index (χ3v) is 8.23. The first kappa shape index (κ1) is 33.0. The molecule has 0 saturated heterocycles. The third kappa shape index (κ3) is 7.91. The molecule has 0 saturated carbocycles. The molecule has 4 aromatic rings. The zero-order valence-corrected chi connectivity index (χ0v) is 27.7. The molecule has 5 rings (SSSR count). The van der Waals surface area contributed by atoms with Crippen molar-refractivity contribution in [2.75, 3.05) is 13.2 Å². The van der Waals surface area contributed by atoms with Gasteiger partial charge < -0.3 is 24.5 Å². The SMILES string of the molecule is CCc1c2[nH]c(c1CC)C(=O)/C=C(/O)c1[nH]c(c(CC)c1CC)C#Cc1cccc(c1)OCC/C=C\CCOc1cccc(c1)C#C2. The number of ketones is 1. The van der Waals surface area contributed by atoms with E-state index in [1.807, 2.05) is 62.4 Å². The quantitative estimate of drug-likeness (QED) is 0.157. The first-order chi connectivity index (χ1) is 22.9. The minimum Gasteiger partial charge on any atom is -0.506 e. The van der Waals surface area contributed by atoms with E-state index < -0.39 is 0 Å². The van der Waals surface area contributed by atoms with E-state index in [0.29, 0.717) is 43.1 Å². The van der Waals surface area contributed by atoms with Gasteiger partial charge in [-0.25, -0.2) is 0 Å². The number of ether oxygens (including phenoxy) is 2. The fourth-order valence-electron chi connectivity index (χ4n) is 5.95. The van der Waals surface area contributed by atoms with Crippen LogP contribution in [0.3, 0.4) is 0 Å². The van der Waals surface area contributed by atoms with Crippen LogP contribution >= 0.6 is 0 Å². The molecule has 6 heteroatoms. The zero-order valence-electron chi connectivity index (χ0n) is 27.7. The number of H-pyrrole nitrogens is 2. The van der Waals surface area contributed by atoms with E-state index in [-0.39, 0.29) is 11.5 Å². The van der Waals surface area contributed by atoms with Crippen LogP contribution in [-0.4, -0.2) is 34.1 Å². The van der Waals surface area contributed by atoms with Gasteiger partial charge in [-0.15, -0.1) is 0 Å². The van der Waals surface area contributed by atoms with Crippen molar-refractivity contribution in [1.29, 1.82) is 0 Å². The summed E-state index contributed by atoms with van der Waals surface area (Å²) >= 11 is 0. The zero-order chi connectivity index (χ0) is 33.2. The minimum absolute atomic E-state index is 0.115. The van der Waals surface area contributed by atoms with Crippen LogP contribution in [0.15, 0.2) is 66.8 Å². The molecule has 240 valence electrons. The van der Waals surface area contributed by atoms with E-state index >= 15 is 0 Å². The van der Waals surface area contributed by atoms with Crippen LogP contribution in [0.5, 0.6) is 11.5 Å². The highest BCUT2D eigenvalue weighted by molar-refractivity contribution is 6.08. The van der Waals surface area contributed by atoms with Gasteiger partial charge >= 0.3 is 0 Å². The van der Waals surface area contributed by atoms with E-state index in [9.17, 15) is 9.90 Å². The van der Waals surface area contributed by atoms with Gasteiger partial charge in [0.05, 0.1) is 36.0 Å². The minimum atomic E-state index is -0.303. The number of carbonyl (C=O) groups excluding carboxylic acids is 1. The lowest BCUT2D eigenvalue weighted by atomic mass is 10.0. The molecule has 0 atom stereocenters. The normalized spacial score (nSPS) is 15.4. The van der Waals surface area contributed by atoms with E-state index in [1.54, 1.807) is 0 Å². The number of benzene rings is 2. The number of aromatic nitrogens is 2. The Hall–Kier alpha value is -5.33. The fourth-order valence-corrected chi connectivity index (χ4v) is 5.95. The number of aromatic amines is 2. The number of rotatable bonds is 4. The molecule has 0 fully saturated rings. The van der Waals surface area contributed by atoms with Gasteiger partial charge in [-0.05, 0) is 109 Å². The Morgan fingerprint density at radius 2 is 1.13 bits per heavy atom. The Kier molecular flexibility index (Phi) is 11.1. The number of carbonyl (C=O) groups is 1. The van der Waals surface area contributed by atoms with Gasteiger partial charge in [-0.2, -0.15) is 0 Å². The molecule has 6 nitrogen and oxygen atoms in total. The maximum absolute atomic E-state index is 13.7. The summed E-state index contributed by atoms with van der Waals surface area (Å²) in [7, 11) is 0. The van der Waals surface area contributed by atoms with Gasteiger partial charge in [-0.3, -0.25) is 4.79 Å². The summed E-state index contributed by atoms with van der Waals surface area (Å²) in [5.41, 5.74) is 7.97. The lowest BCUT2D eigenvalue weighted by Crippen LogP contribution is -2.02. The molecule has 3 heterocycles. The molecule has 0 unspecified atom stereocenters. The van der Waals surface area contributed by atoms with Crippen LogP contribution in [0.25, 0.3) is 5.76 Å². The van der Waals surface area contributed by atoms with E-state index in [4.69, 9.17) is 9.47 Å². The second kappa shape index (κ2) is 15.8. The van der Waals surface area contributed by atoms with Crippen molar-refractivity contribution in [3.8, 4) is 35.2 Å². The number of aliphatic hydroxyl groups is 1. The number of hydrogen-bond donors (Lipinski definition) is 3. The predicted octanol–water partition coefficient (Wildman–Crippen LogP) is 8.28. The maximum atomic E-state index is 13.7. The van der Waals surface area contributed by atoms with Gasteiger partial charge in [0.1, 0.15) is 17.3 Å². The van der Waals surface area contributed by atoms with Crippen LogP contribution in [0.4, 0.5) is 0 Å².